The summed E-state index contributed by atoms with van der Waals surface area (Å²) in [6.45, 7) is 4.35. The lowest BCUT2D eigenvalue weighted by Crippen LogP contribution is -2.52. The van der Waals surface area contributed by atoms with E-state index in [9.17, 15) is 4.79 Å². The van der Waals surface area contributed by atoms with E-state index in [1.165, 1.54) is 25.7 Å². The molecule has 2 saturated carbocycles. The van der Waals surface area contributed by atoms with Crippen LogP contribution in [-0.4, -0.2) is 65.2 Å². The Hall–Kier alpha value is -3.88. The molecule has 0 unspecified atom stereocenters. The van der Waals surface area contributed by atoms with Gasteiger partial charge < -0.3 is 25.8 Å². The fourth-order valence-corrected chi connectivity index (χ4v) is 4.75. The number of anilines is 3. The van der Waals surface area contributed by atoms with E-state index in [0.29, 0.717) is 44.0 Å². The van der Waals surface area contributed by atoms with Gasteiger partial charge in [-0.15, -0.1) is 0 Å². The molecular weight excluding hydrogens is 476 g/mol. The van der Waals surface area contributed by atoms with Gasteiger partial charge in [-0.3, -0.25) is 0 Å². The molecule has 3 aromatic rings. The minimum atomic E-state index is -0.202. The van der Waals surface area contributed by atoms with E-state index in [1.807, 2.05) is 41.3 Å². The predicted octanol–water partition coefficient (Wildman–Crippen LogP) is 4.14. The topological polar surface area (TPSA) is 98.3 Å². The summed E-state index contributed by atoms with van der Waals surface area (Å²) in [5.41, 5.74) is 2.13. The maximum atomic E-state index is 13.4. The van der Waals surface area contributed by atoms with Gasteiger partial charge in [-0.2, -0.15) is 15.0 Å². The van der Waals surface area contributed by atoms with E-state index in [4.69, 9.17) is 9.97 Å². The van der Waals surface area contributed by atoms with Crippen LogP contribution >= 0.6 is 0 Å². The van der Waals surface area contributed by atoms with E-state index in [1.54, 1.807) is 0 Å². The fraction of sp³-hybridized carbons (Fsp3) is 0.448. The third kappa shape index (κ3) is 6.33. The summed E-state index contributed by atoms with van der Waals surface area (Å²) in [5, 5.41) is 10.1. The van der Waals surface area contributed by atoms with Crippen molar-refractivity contribution in [2.75, 3.05) is 54.8 Å². The van der Waals surface area contributed by atoms with Crippen molar-refractivity contribution in [1.82, 2.24) is 25.2 Å². The number of aromatic nitrogens is 3. The van der Waals surface area contributed by atoms with Gasteiger partial charge in [0.1, 0.15) is 0 Å². The molecule has 0 radical (unpaired) electrons. The van der Waals surface area contributed by atoms with Crippen LogP contribution < -0.4 is 20.9 Å². The molecule has 0 atom stereocenters. The Morgan fingerprint density at radius 3 is 1.71 bits per heavy atom. The van der Waals surface area contributed by atoms with Crippen LogP contribution in [0.15, 0.2) is 60.7 Å². The second-order valence-electron chi connectivity index (χ2n) is 10.6. The maximum Gasteiger partial charge on any atom is 0.318 e. The fourth-order valence-electron chi connectivity index (χ4n) is 4.75. The Morgan fingerprint density at radius 1 is 0.737 bits per heavy atom. The predicted molar refractivity (Wildman–Crippen MR) is 149 cm³/mol. The van der Waals surface area contributed by atoms with Crippen molar-refractivity contribution in [3.8, 4) is 0 Å². The summed E-state index contributed by atoms with van der Waals surface area (Å²) < 4.78 is 0. The lowest BCUT2D eigenvalue weighted by molar-refractivity contribution is 0.191. The molecule has 3 N–H and O–H groups in total. The summed E-state index contributed by atoms with van der Waals surface area (Å²) in [6, 6.07) is 20.0. The molecular formula is C29H36N8O. The lowest BCUT2D eigenvalue weighted by Gasteiger charge is -2.35. The van der Waals surface area contributed by atoms with E-state index in [2.05, 4.69) is 50.1 Å². The largest absolute Gasteiger partial charge is 0.354 e. The van der Waals surface area contributed by atoms with Gasteiger partial charge in [0, 0.05) is 39.3 Å². The van der Waals surface area contributed by atoms with E-state index < -0.39 is 0 Å². The average molecular weight is 513 g/mol. The Labute approximate surface area is 224 Å². The molecule has 6 rings (SSSR count). The molecule has 3 aliphatic rings. The molecule has 0 spiro atoms. The Kier molecular flexibility index (Phi) is 7.24. The number of nitrogens with one attached hydrogen (secondary N) is 3. The molecule has 0 bridgehead atoms. The van der Waals surface area contributed by atoms with Crippen LogP contribution in [0.3, 0.4) is 0 Å². The molecule has 1 aliphatic heterocycles. The molecule has 2 heterocycles. The summed E-state index contributed by atoms with van der Waals surface area (Å²) in [4.78, 5) is 31.5. The molecule has 198 valence electrons. The molecule has 2 amide bonds. The molecule has 38 heavy (non-hydrogen) atoms. The zero-order valence-corrected chi connectivity index (χ0v) is 21.7. The third-order valence-corrected chi connectivity index (χ3v) is 7.50. The zero-order chi connectivity index (χ0) is 25.7. The number of rotatable bonds is 10. The number of carbonyl (C=O) groups is 1. The first-order chi connectivity index (χ1) is 18.7. The van der Waals surface area contributed by atoms with E-state index in [0.717, 1.165) is 36.1 Å². The number of carbonyl (C=O) groups excluding carboxylic acids is 1. The number of benzene rings is 2. The quantitative estimate of drug-likeness (QED) is 0.376. The van der Waals surface area contributed by atoms with Gasteiger partial charge in [-0.1, -0.05) is 60.7 Å². The van der Waals surface area contributed by atoms with Crippen LogP contribution in [0.5, 0.6) is 0 Å². The van der Waals surface area contributed by atoms with Crippen LogP contribution in [0.2, 0.25) is 0 Å². The highest BCUT2D eigenvalue weighted by molar-refractivity contribution is 5.75. The second kappa shape index (κ2) is 11.2. The van der Waals surface area contributed by atoms with Crippen molar-refractivity contribution in [3.63, 3.8) is 0 Å². The first kappa shape index (κ1) is 24.5. The van der Waals surface area contributed by atoms with Gasteiger partial charge >= 0.3 is 6.03 Å². The number of urea groups is 1. The Balaban J connectivity index is 1.10. The molecule has 3 fully saturated rings. The smallest absolute Gasteiger partial charge is 0.318 e. The first-order valence-corrected chi connectivity index (χ1v) is 13.9. The summed E-state index contributed by atoms with van der Waals surface area (Å²) in [6.07, 6.45) is 5.10. The van der Waals surface area contributed by atoms with Gasteiger partial charge in [0.25, 0.3) is 0 Å². The molecule has 2 aromatic carbocycles. The first-order valence-electron chi connectivity index (χ1n) is 13.9. The number of amides is 2. The normalized spacial score (nSPS) is 17.4. The maximum absolute atomic E-state index is 13.4. The van der Waals surface area contributed by atoms with E-state index >= 15 is 0 Å². The van der Waals surface area contributed by atoms with Crippen molar-refractivity contribution < 1.29 is 4.79 Å². The number of nitrogens with zero attached hydrogens (tertiary/aromatic N) is 5. The van der Waals surface area contributed by atoms with Gasteiger partial charge in [0.05, 0.1) is 6.04 Å². The number of hydrogen-bond donors (Lipinski definition) is 3. The van der Waals surface area contributed by atoms with Gasteiger partial charge in [-0.25, -0.2) is 4.79 Å². The van der Waals surface area contributed by atoms with Crippen molar-refractivity contribution in [3.05, 3.63) is 71.8 Å². The van der Waals surface area contributed by atoms with Crippen LogP contribution in [0.1, 0.15) is 42.9 Å². The monoisotopic (exact) mass is 512 g/mol. The standard InChI is InChI=1S/C29H36N8O/c38-29(32-25(23-7-3-1-4-8-23)24-9-5-2-6-10-24)37-17-15-36(16-18-37)28-34-26(30-19-21-11-12-21)33-27(35-28)31-20-22-13-14-22/h1-10,21-22,25H,11-20H2,(H,32,38)(H2,30,31,33,34,35). The van der Waals surface area contributed by atoms with Gasteiger partial charge in [0.2, 0.25) is 17.8 Å². The van der Waals surface area contributed by atoms with Crippen LogP contribution in [0.25, 0.3) is 0 Å². The average Bonchev–Trinajstić information content (AvgIpc) is 3.90. The van der Waals surface area contributed by atoms with E-state index in [-0.39, 0.29) is 12.1 Å². The highest BCUT2D eigenvalue weighted by atomic mass is 16.2. The highest BCUT2D eigenvalue weighted by Gasteiger charge is 2.27. The lowest BCUT2D eigenvalue weighted by atomic mass is 9.99. The van der Waals surface area contributed by atoms with Gasteiger partial charge in [0.15, 0.2) is 0 Å². The third-order valence-electron chi connectivity index (χ3n) is 7.50. The Bertz CT molecular complexity index is 1130. The Morgan fingerprint density at radius 2 is 1.24 bits per heavy atom. The second-order valence-corrected chi connectivity index (χ2v) is 10.6. The van der Waals surface area contributed by atoms with Crippen molar-refractivity contribution in [2.24, 2.45) is 11.8 Å². The van der Waals surface area contributed by atoms with Crippen molar-refractivity contribution in [2.45, 2.75) is 31.7 Å². The summed E-state index contributed by atoms with van der Waals surface area (Å²) in [7, 11) is 0. The molecule has 9 heteroatoms. The minimum absolute atomic E-state index is 0.0587. The van der Waals surface area contributed by atoms with Crippen LogP contribution in [-0.2, 0) is 0 Å². The molecule has 1 aromatic heterocycles. The van der Waals surface area contributed by atoms with Crippen molar-refractivity contribution >= 4 is 23.9 Å². The number of piperazine rings is 1. The van der Waals surface area contributed by atoms with Gasteiger partial charge in [-0.05, 0) is 48.6 Å². The molecule has 2 aliphatic carbocycles. The summed E-state index contributed by atoms with van der Waals surface area (Å²) >= 11 is 0. The summed E-state index contributed by atoms with van der Waals surface area (Å²) in [5.74, 6) is 3.40. The van der Waals surface area contributed by atoms with Crippen LogP contribution in [0.4, 0.5) is 22.6 Å². The zero-order valence-electron chi connectivity index (χ0n) is 21.7. The molecule has 9 nitrogen and oxygen atoms in total. The minimum Gasteiger partial charge on any atom is -0.354 e. The van der Waals surface area contributed by atoms with Crippen LogP contribution in [0, 0.1) is 11.8 Å². The molecule has 1 saturated heterocycles. The SMILES string of the molecule is O=C(NC(c1ccccc1)c1ccccc1)N1CCN(c2nc(NCC3CC3)nc(NCC3CC3)n2)CC1. The van der Waals surface area contributed by atoms with Crippen molar-refractivity contribution in [1.29, 1.82) is 0 Å². The highest BCUT2D eigenvalue weighted by Crippen LogP contribution is 2.30. The number of hydrogen-bond acceptors (Lipinski definition) is 7.